The van der Waals surface area contributed by atoms with E-state index in [1.54, 1.807) is 4.57 Å². The minimum atomic E-state index is -0.113. The van der Waals surface area contributed by atoms with E-state index in [2.05, 4.69) is 16.7 Å². The molecule has 2 N–H and O–H groups in total. The molecule has 1 unspecified atom stereocenters. The molecule has 0 spiro atoms. The summed E-state index contributed by atoms with van der Waals surface area (Å²) in [6, 6.07) is 3.86. The summed E-state index contributed by atoms with van der Waals surface area (Å²) in [6.45, 7) is 1.40. The number of nitrogens with zero attached hydrogens (tertiary/aromatic N) is 2. The number of aromatic nitrogens is 1. The number of carbonyl (C=O) groups is 1. The van der Waals surface area contributed by atoms with E-state index in [-0.39, 0.29) is 11.9 Å². The number of amides is 1. The van der Waals surface area contributed by atoms with Crippen LogP contribution in [0, 0.1) is 11.3 Å². The molecule has 0 aromatic carbocycles. The standard InChI is InChI=1S/C13H18N4O/c1-17-9-10(6-11(17)7-14)8-16-12-4-2-3-5-15-13(12)18/h6,9,12,16H,2-5,8H2,1H3,(H,15,18). The van der Waals surface area contributed by atoms with Crippen LogP contribution in [-0.2, 0) is 18.4 Å². The topological polar surface area (TPSA) is 69.8 Å². The van der Waals surface area contributed by atoms with Crippen molar-refractivity contribution in [3.63, 3.8) is 0 Å². The van der Waals surface area contributed by atoms with Crippen molar-refractivity contribution in [3.05, 3.63) is 23.5 Å². The first-order chi connectivity index (χ1) is 8.70. The molecular formula is C13H18N4O. The number of rotatable bonds is 3. The fraction of sp³-hybridized carbons (Fsp3) is 0.538. The van der Waals surface area contributed by atoms with Crippen molar-refractivity contribution < 1.29 is 4.79 Å². The first-order valence-electron chi connectivity index (χ1n) is 6.27. The Morgan fingerprint density at radius 3 is 3.17 bits per heavy atom. The van der Waals surface area contributed by atoms with Crippen LogP contribution in [0.5, 0.6) is 0 Å². The molecular weight excluding hydrogens is 228 g/mol. The molecule has 2 rings (SSSR count). The highest BCUT2D eigenvalue weighted by Crippen LogP contribution is 2.09. The lowest BCUT2D eigenvalue weighted by Crippen LogP contribution is -2.42. The summed E-state index contributed by atoms with van der Waals surface area (Å²) in [4.78, 5) is 11.7. The summed E-state index contributed by atoms with van der Waals surface area (Å²) in [7, 11) is 1.85. The molecule has 0 bridgehead atoms. The van der Waals surface area contributed by atoms with Gasteiger partial charge in [-0.2, -0.15) is 5.26 Å². The van der Waals surface area contributed by atoms with Gasteiger partial charge in [-0.1, -0.05) is 0 Å². The molecule has 1 aromatic rings. The number of nitriles is 1. The average molecular weight is 246 g/mol. The van der Waals surface area contributed by atoms with Crippen molar-refractivity contribution in [2.45, 2.75) is 31.8 Å². The fourth-order valence-corrected chi connectivity index (χ4v) is 2.22. The van der Waals surface area contributed by atoms with Crippen LogP contribution in [0.3, 0.4) is 0 Å². The van der Waals surface area contributed by atoms with Gasteiger partial charge in [0.05, 0.1) is 6.04 Å². The number of carbonyl (C=O) groups excluding carboxylic acids is 1. The number of hydrogen-bond donors (Lipinski definition) is 2. The molecule has 18 heavy (non-hydrogen) atoms. The van der Waals surface area contributed by atoms with Gasteiger partial charge in [0.2, 0.25) is 5.91 Å². The first-order valence-corrected chi connectivity index (χ1v) is 6.27. The Morgan fingerprint density at radius 1 is 1.61 bits per heavy atom. The monoisotopic (exact) mass is 246 g/mol. The molecule has 1 saturated heterocycles. The van der Waals surface area contributed by atoms with Crippen LogP contribution in [0.1, 0.15) is 30.5 Å². The summed E-state index contributed by atoms with van der Waals surface area (Å²) >= 11 is 0. The summed E-state index contributed by atoms with van der Waals surface area (Å²) in [5, 5.41) is 15.0. The van der Waals surface area contributed by atoms with Crippen LogP contribution in [0.15, 0.2) is 12.3 Å². The smallest absolute Gasteiger partial charge is 0.237 e. The van der Waals surface area contributed by atoms with E-state index in [1.807, 2.05) is 19.3 Å². The maximum absolute atomic E-state index is 11.7. The zero-order valence-electron chi connectivity index (χ0n) is 10.6. The summed E-state index contributed by atoms with van der Waals surface area (Å²) < 4.78 is 1.80. The largest absolute Gasteiger partial charge is 0.355 e. The third-order valence-electron chi connectivity index (χ3n) is 3.26. The van der Waals surface area contributed by atoms with Crippen LogP contribution in [-0.4, -0.2) is 23.1 Å². The van der Waals surface area contributed by atoms with Gasteiger partial charge in [0, 0.05) is 26.3 Å². The van der Waals surface area contributed by atoms with Crippen molar-refractivity contribution in [2.24, 2.45) is 7.05 Å². The Morgan fingerprint density at radius 2 is 2.44 bits per heavy atom. The molecule has 2 heterocycles. The van der Waals surface area contributed by atoms with Gasteiger partial charge < -0.3 is 15.2 Å². The van der Waals surface area contributed by atoms with E-state index in [1.165, 1.54) is 0 Å². The molecule has 1 atom stereocenters. The lowest BCUT2D eigenvalue weighted by Gasteiger charge is -2.14. The molecule has 1 aliphatic heterocycles. The summed E-state index contributed by atoms with van der Waals surface area (Å²) in [5.74, 6) is 0.0870. The molecule has 1 amide bonds. The third-order valence-corrected chi connectivity index (χ3v) is 3.26. The van der Waals surface area contributed by atoms with E-state index < -0.39 is 0 Å². The fourth-order valence-electron chi connectivity index (χ4n) is 2.22. The second-order valence-electron chi connectivity index (χ2n) is 4.68. The Balaban J connectivity index is 1.93. The summed E-state index contributed by atoms with van der Waals surface area (Å²) in [5.41, 5.74) is 1.67. The van der Waals surface area contributed by atoms with Gasteiger partial charge >= 0.3 is 0 Å². The Bertz CT molecular complexity index is 472. The number of aryl methyl sites for hydroxylation is 1. The summed E-state index contributed by atoms with van der Waals surface area (Å²) in [6.07, 6.45) is 4.91. The van der Waals surface area contributed by atoms with Crippen LogP contribution in [0.2, 0.25) is 0 Å². The van der Waals surface area contributed by atoms with Gasteiger partial charge in [0.15, 0.2) is 0 Å². The maximum Gasteiger partial charge on any atom is 0.237 e. The quantitative estimate of drug-likeness (QED) is 0.823. The van der Waals surface area contributed by atoms with Crippen molar-refractivity contribution in [1.29, 1.82) is 5.26 Å². The number of nitrogens with one attached hydrogen (secondary N) is 2. The minimum absolute atomic E-state index is 0.0870. The molecule has 1 fully saturated rings. The molecule has 0 saturated carbocycles. The highest BCUT2D eigenvalue weighted by molar-refractivity contribution is 5.81. The highest BCUT2D eigenvalue weighted by Gasteiger charge is 2.19. The van der Waals surface area contributed by atoms with Crippen molar-refractivity contribution in [3.8, 4) is 6.07 Å². The Labute approximate surface area is 107 Å². The third kappa shape index (κ3) is 2.90. The van der Waals surface area contributed by atoms with Crippen LogP contribution in [0.25, 0.3) is 0 Å². The molecule has 0 aliphatic carbocycles. The van der Waals surface area contributed by atoms with Crippen LogP contribution < -0.4 is 10.6 Å². The second-order valence-corrected chi connectivity index (χ2v) is 4.68. The van der Waals surface area contributed by atoms with Gasteiger partial charge in [0.25, 0.3) is 0 Å². The first kappa shape index (κ1) is 12.7. The van der Waals surface area contributed by atoms with E-state index in [0.29, 0.717) is 12.2 Å². The SMILES string of the molecule is Cn1cc(CNC2CCCCNC2=O)cc1C#N. The zero-order valence-corrected chi connectivity index (χ0v) is 10.6. The van der Waals surface area contributed by atoms with Crippen molar-refractivity contribution >= 4 is 5.91 Å². The average Bonchev–Trinajstić information content (AvgIpc) is 2.59. The van der Waals surface area contributed by atoms with Crippen molar-refractivity contribution in [2.75, 3.05) is 6.54 Å². The predicted molar refractivity (Wildman–Crippen MR) is 67.6 cm³/mol. The predicted octanol–water partition coefficient (Wildman–Crippen LogP) is 0.655. The molecule has 5 heteroatoms. The van der Waals surface area contributed by atoms with E-state index in [9.17, 15) is 4.79 Å². The molecule has 0 radical (unpaired) electrons. The lowest BCUT2D eigenvalue weighted by atomic mass is 10.1. The Hall–Kier alpha value is -1.80. The van der Waals surface area contributed by atoms with Crippen LogP contribution in [0.4, 0.5) is 0 Å². The van der Waals surface area contributed by atoms with Gasteiger partial charge in [-0.3, -0.25) is 4.79 Å². The van der Waals surface area contributed by atoms with Crippen molar-refractivity contribution in [1.82, 2.24) is 15.2 Å². The van der Waals surface area contributed by atoms with Crippen LogP contribution >= 0.6 is 0 Å². The highest BCUT2D eigenvalue weighted by atomic mass is 16.2. The van der Waals surface area contributed by atoms with E-state index >= 15 is 0 Å². The maximum atomic E-state index is 11.7. The lowest BCUT2D eigenvalue weighted by molar-refractivity contribution is -0.122. The normalized spacial score (nSPS) is 20.0. The number of hydrogen-bond acceptors (Lipinski definition) is 3. The molecule has 96 valence electrons. The van der Waals surface area contributed by atoms with Gasteiger partial charge in [0.1, 0.15) is 11.8 Å². The molecule has 5 nitrogen and oxygen atoms in total. The van der Waals surface area contributed by atoms with E-state index in [4.69, 9.17) is 5.26 Å². The molecule has 1 aliphatic rings. The van der Waals surface area contributed by atoms with E-state index in [0.717, 1.165) is 31.4 Å². The zero-order chi connectivity index (χ0) is 13.0. The van der Waals surface area contributed by atoms with Gasteiger partial charge in [-0.15, -0.1) is 0 Å². The Kier molecular flexibility index (Phi) is 4.00. The second kappa shape index (κ2) is 5.69. The van der Waals surface area contributed by atoms with Gasteiger partial charge in [-0.25, -0.2) is 0 Å². The molecule has 1 aromatic heterocycles. The minimum Gasteiger partial charge on any atom is -0.355 e. The van der Waals surface area contributed by atoms with Gasteiger partial charge in [-0.05, 0) is 30.9 Å².